The molecule has 7 nitrogen and oxygen atoms in total. The van der Waals surface area contributed by atoms with Crippen LogP contribution < -0.4 is 5.32 Å². The Kier molecular flexibility index (Phi) is 6.46. The monoisotopic (exact) mass is 422 g/mol. The topological polar surface area (TPSA) is 85.6 Å². The van der Waals surface area contributed by atoms with E-state index < -0.39 is 0 Å². The fourth-order valence-corrected chi connectivity index (χ4v) is 4.20. The smallest absolute Gasteiger partial charge is 0.279 e. The molecule has 0 aliphatic heterocycles. The molecule has 0 spiro atoms. The Morgan fingerprint density at radius 2 is 2.00 bits per heavy atom. The highest BCUT2D eigenvalue weighted by atomic mass is 35.5. The predicted molar refractivity (Wildman–Crippen MR) is 109 cm³/mol. The van der Waals surface area contributed by atoms with Crippen LogP contribution in [-0.2, 0) is 0 Å². The van der Waals surface area contributed by atoms with Crippen molar-refractivity contribution >= 4 is 45.7 Å². The van der Waals surface area contributed by atoms with Gasteiger partial charge in [0.1, 0.15) is 0 Å². The van der Waals surface area contributed by atoms with Crippen LogP contribution in [0.1, 0.15) is 49.3 Å². The second-order valence-electron chi connectivity index (χ2n) is 6.04. The van der Waals surface area contributed by atoms with E-state index in [1.165, 1.54) is 11.3 Å². The van der Waals surface area contributed by atoms with E-state index >= 15 is 0 Å². The predicted octanol–water partition coefficient (Wildman–Crippen LogP) is 4.65. The van der Waals surface area contributed by atoms with Crippen LogP contribution in [0.2, 0.25) is 5.02 Å². The van der Waals surface area contributed by atoms with E-state index in [1.54, 1.807) is 28.6 Å². The van der Waals surface area contributed by atoms with Crippen LogP contribution in [0, 0.1) is 0 Å². The van der Waals surface area contributed by atoms with Crippen molar-refractivity contribution in [2.24, 2.45) is 0 Å². The molecule has 1 aromatic carbocycles. The first-order chi connectivity index (χ1) is 13.0. The van der Waals surface area contributed by atoms with Gasteiger partial charge in [-0.05, 0) is 36.6 Å². The molecule has 1 N–H and O–H groups in total. The highest BCUT2D eigenvalue weighted by molar-refractivity contribution is 8.01. The Morgan fingerprint density at radius 3 is 2.67 bits per heavy atom. The Morgan fingerprint density at radius 1 is 1.26 bits per heavy atom. The molecule has 0 saturated heterocycles. The van der Waals surface area contributed by atoms with Gasteiger partial charge >= 0.3 is 0 Å². The van der Waals surface area contributed by atoms with Crippen molar-refractivity contribution in [1.29, 1.82) is 0 Å². The number of aromatic nitrogens is 5. The average Bonchev–Trinajstić information content (AvgIpc) is 3.27. The van der Waals surface area contributed by atoms with Gasteiger partial charge in [0.25, 0.3) is 5.91 Å². The third-order valence-corrected chi connectivity index (χ3v) is 6.02. The molecule has 2 heterocycles. The van der Waals surface area contributed by atoms with Crippen LogP contribution in [0.15, 0.2) is 28.6 Å². The Hall–Kier alpha value is -1.97. The fraction of sp³-hybridized carbons (Fsp3) is 0.353. The van der Waals surface area contributed by atoms with Crippen LogP contribution in [0.4, 0.5) is 5.13 Å². The number of carbonyl (C=O) groups is 1. The number of rotatable bonds is 7. The normalized spacial score (nSPS) is 11.1. The molecule has 0 atom stereocenters. The molecule has 0 aliphatic rings. The van der Waals surface area contributed by atoms with Gasteiger partial charge in [-0.15, -0.1) is 15.3 Å². The zero-order valence-corrected chi connectivity index (χ0v) is 17.5. The van der Waals surface area contributed by atoms with Gasteiger partial charge in [-0.1, -0.05) is 60.7 Å². The summed E-state index contributed by atoms with van der Waals surface area (Å²) < 4.78 is 2.50. The first kappa shape index (κ1) is 19.8. The van der Waals surface area contributed by atoms with E-state index in [4.69, 9.17) is 11.6 Å². The molecule has 142 valence electrons. The van der Waals surface area contributed by atoms with Crippen molar-refractivity contribution in [1.82, 2.24) is 25.2 Å². The molecule has 3 aromatic rings. The second-order valence-corrected chi connectivity index (χ2v) is 8.80. The molecule has 0 aliphatic carbocycles. The zero-order chi connectivity index (χ0) is 19.4. The Balaban J connectivity index is 1.84. The minimum Gasteiger partial charge on any atom is -0.295 e. The van der Waals surface area contributed by atoms with Gasteiger partial charge in [-0.3, -0.25) is 10.1 Å². The molecule has 0 radical (unpaired) electrons. The minimum atomic E-state index is -0.345. The molecule has 1 amide bonds. The van der Waals surface area contributed by atoms with Crippen LogP contribution in [0.3, 0.4) is 0 Å². The summed E-state index contributed by atoms with van der Waals surface area (Å²) in [5.74, 6) is 0.666. The van der Waals surface area contributed by atoms with Crippen molar-refractivity contribution in [3.05, 3.63) is 40.7 Å². The Labute approximate surface area is 170 Å². The zero-order valence-electron chi connectivity index (χ0n) is 15.1. The summed E-state index contributed by atoms with van der Waals surface area (Å²) in [6, 6.07) is 7.23. The first-order valence-electron chi connectivity index (χ1n) is 8.48. The first-order valence-corrected chi connectivity index (χ1v) is 10.7. The lowest BCUT2D eigenvalue weighted by atomic mass is 10.1. The second kappa shape index (κ2) is 8.81. The molecule has 0 saturated carbocycles. The van der Waals surface area contributed by atoms with Gasteiger partial charge in [0.15, 0.2) is 10.0 Å². The highest BCUT2D eigenvalue weighted by Crippen LogP contribution is 2.27. The number of halogens is 1. The largest absolute Gasteiger partial charge is 0.295 e. The van der Waals surface area contributed by atoms with Crippen molar-refractivity contribution in [2.45, 2.75) is 37.4 Å². The minimum absolute atomic E-state index is 0.0431. The molecule has 2 aromatic heterocycles. The summed E-state index contributed by atoms with van der Waals surface area (Å²) >= 11 is 8.94. The Bertz CT molecular complexity index is 922. The van der Waals surface area contributed by atoms with E-state index in [1.807, 2.05) is 26.0 Å². The van der Waals surface area contributed by atoms with Crippen molar-refractivity contribution in [3.8, 4) is 5.69 Å². The van der Waals surface area contributed by atoms with Crippen LogP contribution in [0.25, 0.3) is 5.69 Å². The lowest BCUT2D eigenvalue weighted by Crippen LogP contribution is -2.16. The number of anilines is 1. The van der Waals surface area contributed by atoms with E-state index in [-0.39, 0.29) is 17.5 Å². The number of carbonyl (C=O) groups excluding carboxylic acids is 1. The van der Waals surface area contributed by atoms with Gasteiger partial charge in [-0.25, -0.2) is 4.68 Å². The maximum atomic E-state index is 12.7. The van der Waals surface area contributed by atoms with Gasteiger partial charge < -0.3 is 0 Å². The molecule has 0 fully saturated rings. The van der Waals surface area contributed by atoms with Gasteiger partial charge in [0, 0.05) is 10.8 Å². The van der Waals surface area contributed by atoms with Gasteiger partial charge in [0.2, 0.25) is 5.13 Å². The summed E-state index contributed by atoms with van der Waals surface area (Å²) in [4.78, 5) is 12.7. The van der Waals surface area contributed by atoms with Crippen molar-refractivity contribution in [3.63, 3.8) is 0 Å². The SMILES string of the molecule is CCCSc1nnc(NC(=O)c2nnn(-c3ccc(Cl)cc3)c2C(C)C)s1. The number of thioether (sulfide) groups is 1. The number of amides is 1. The van der Waals surface area contributed by atoms with Gasteiger partial charge in [-0.2, -0.15) is 0 Å². The van der Waals surface area contributed by atoms with Gasteiger partial charge in [0.05, 0.1) is 11.4 Å². The van der Waals surface area contributed by atoms with E-state index in [2.05, 4.69) is 32.7 Å². The maximum absolute atomic E-state index is 12.7. The van der Waals surface area contributed by atoms with Crippen LogP contribution in [0.5, 0.6) is 0 Å². The molecular formula is C17H19ClN6OS2. The summed E-state index contributed by atoms with van der Waals surface area (Å²) in [5, 5.41) is 20.3. The quantitative estimate of drug-likeness (QED) is 0.440. The highest BCUT2D eigenvalue weighted by Gasteiger charge is 2.24. The average molecular weight is 423 g/mol. The summed E-state index contributed by atoms with van der Waals surface area (Å²) in [5.41, 5.74) is 1.79. The van der Waals surface area contributed by atoms with Crippen molar-refractivity contribution in [2.75, 3.05) is 11.1 Å². The molecule has 3 rings (SSSR count). The standard InChI is InChI=1S/C17H19ClN6OS2/c1-4-9-26-17-22-21-16(27-17)19-15(25)13-14(10(2)3)24(23-20-13)12-7-5-11(18)6-8-12/h5-8,10H,4,9H2,1-3H3,(H,19,21,25). The molecule has 0 unspecified atom stereocenters. The maximum Gasteiger partial charge on any atom is 0.279 e. The molecule has 10 heteroatoms. The third kappa shape index (κ3) is 4.66. The fourth-order valence-electron chi connectivity index (χ4n) is 2.41. The summed E-state index contributed by atoms with van der Waals surface area (Å²) in [6.07, 6.45) is 1.05. The van der Waals surface area contributed by atoms with E-state index in [0.29, 0.717) is 10.2 Å². The number of benzene rings is 1. The van der Waals surface area contributed by atoms with E-state index in [0.717, 1.165) is 27.9 Å². The molecule has 0 bridgehead atoms. The number of nitrogens with one attached hydrogen (secondary N) is 1. The number of hydrogen-bond acceptors (Lipinski definition) is 7. The third-order valence-electron chi connectivity index (χ3n) is 3.59. The molecule has 27 heavy (non-hydrogen) atoms. The van der Waals surface area contributed by atoms with Crippen LogP contribution >= 0.6 is 34.7 Å². The number of nitrogens with zero attached hydrogens (tertiary/aromatic N) is 5. The molecular weight excluding hydrogens is 404 g/mol. The van der Waals surface area contributed by atoms with Crippen molar-refractivity contribution < 1.29 is 4.79 Å². The number of hydrogen-bond donors (Lipinski definition) is 1. The lowest BCUT2D eigenvalue weighted by Gasteiger charge is -2.10. The lowest BCUT2D eigenvalue weighted by molar-refractivity contribution is 0.102. The van der Waals surface area contributed by atoms with E-state index in [9.17, 15) is 4.79 Å². The van der Waals surface area contributed by atoms with Crippen LogP contribution in [-0.4, -0.2) is 36.9 Å². The summed E-state index contributed by atoms with van der Waals surface area (Å²) in [6.45, 7) is 6.09. The summed E-state index contributed by atoms with van der Waals surface area (Å²) in [7, 11) is 0.